The van der Waals surface area contributed by atoms with E-state index in [1.54, 1.807) is 0 Å². The minimum atomic E-state index is -4.04. The molecule has 0 aromatic carbocycles. The summed E-state index contributed by atoms with van der Waals surface area (Å²) in [5.41, 5.74) is 0. The highest BCUT2D eigenvalue weighted by Crippen LogP contribution is 2.43. The van der Waals surface area contributed by atoms with E-state index in [1.165, 1.54) is 14.2 Å². The van der Waals surface area contributed by atoms with E-state index in [0.717, 1.165) is 0 Å². The number of ether oxygens (including phenoxy) is 2. The quantitative estimate of drug-likeness (QED) is 0.799. The Morgan fingerprint density at radius 2 is 1.81 bits per heavy atom. The van der Waals surface area contributed by atoms with E-state index in [-0.39, 0.29) is 20.6 Å². The van der Waals surface area contributed by atoms with Crippen LogP contribution in [0, 0.1) is 0 Å². The maximum absolute atomic E-state index is 11.2. The van der Waals surface area contributed by atoms with Crippen molar-refractivity contribution in [1.82, 2.24) is 0 Å². The van der Waals surface area contributed by atoms with E-state index >= 15 is 0 Å². The van der Waals surface area contributed by atoms with Crippen molar-refractivity contribution in [3.05, 3.63) is 4.88 Å². The van der Waals surface area contributed by atoms with Crippen molar-refractivity contribution in [2.24, 2.45) is 5.14 Å². The molecular weight excluding hydrogens is 258 g/mol. The molecule has 1 aromatic heterocycles. The van der Waals surface area contributed by atoms with Crippen molar-refractivity contribution in [1.29, 1.82) is 0 Å². The van der Waals surface area contributed by atoms with Gasteiger partial charge in [0, 0.05) is 0 Å². The second-order valence-electron chi connectivity index (χ2n) is 2.64. The Morgan fingerprint density at radius 3 is 2.12 bits per heavy atom. The number of primary sulfonamides is 1. The number of hydrogen-bond acceptors (Lipinski definition) is 6. The Bertz CT molecular complexity index is 517. The zero-order chi connectivity index (χ0) is 12.5. The highest BCUT2D eigenvalue weighted by atomic mass is 32.2. The summed E-state index contributed by atoms with van der Waals surface area (Å²) in [5, 5.41) is 13.8. The van der Waals surface area contributed by atoms with Crippen LogP contribution in [-0.2, 0) is 10.0 Å². The van der Waals surface area contributed by atoms with Gasteiger partial charge in [0.15, 0.2) is 20.6 Å². The Hall–Kier alpha value is -1.32. The number of carboxylic acid groups (broad SMARTS) is 1. The van der Waals surface area contributed by atoms with Crippen LogP contribution in [0.15, 0.2) is 4.21 Å². The van der Waals surface area contributed by atoms with Crippen LogP contribution in [0.1, 0.15) is 9.67 Å². The van der Waals surface area contributed by atoms with Gasteiger partial charge < -0.3 is 14.6 Å². The molecule has 0 aliphatic carbocycles. The highest BCUT2D eigenvalue weighted by molar-refractivity contribution is 7.91. The third-order valence-corrected chi connectivity index (χ3v) is 4.24. The van der Waals surface area contributed by atoms with Crippen LogP contribution in [0.2, 0.25) is 0 Å². The molecule has 0 saturated heterocycles. The topological polar surface area (TPSA) is 116 Å². The number of nitrogens with two attached hydrogens (primary N) is 1. The number of methoxy groups -OCH3 is 2. The van der Waals surface area contributed by atoms with Crippen molar-refractivity contribution in [2.75, 3.05) is 14.2 Å². The first-order valence-electron chi connectivity index (χ1n) is 3.83. The summed E-state index contributed by atoms with van der Waals surface area (Å²) < 4.78 is 31.6. The summed E-state index contributed by atoms with van der Waals surface area (Å²) in [5.74, 6) is -1.65. The summed E-state index contributed by atoms with van der Waals surface area (Å²) in [6.07, 6.45) is 0. The molecule has 0 atom stereocenters. The van der Waals surface area contributed by atoms with Crippen LogP contribution in [0.5, 0.6) is 11.5 Å². The lowest BCUT2D eigenvalue weighted by Gasteiger charge is -2.03. The SMILES string of the molecule is COc1c(C(=O)O)sc(S(N)(=O)=O)c1OC. The van der Waals surface area contributed by atoms with Gasteiger partial charge in [-0.25, -0.2) is 18.4 Å². The molecule has 0 spiro atoms. The molecule has 0 radical (unpaired) electrons. The molecule has 0 saturated carbocycles. The van der Waals surface area contributed by atoms with Crippen LogP contribution in [0.4, 0.5) is 0 Å². The monoisotopic (exact) mass is 267 g/mol. The number of rotatable bonds is 4. The lowest BCUT2D eigenvalue weighted by Crippen LogP contribution is -2.11. The van der Waals surface area contributed by atoms with E-state index in [1.807, 2.05) is 0 Å². The zero-order valence-electron chi connectivity index (χ0n) is 8.38. The summed E-state index contributed by atoms with van der Waals surface area (Å²) in [6.45, 7) is 0. The van der Waals surface area contributed by atoms with Gasteiger partial charge in [0.2, 0.25) is 0 Å². The standard InChI is InChI=1S/C7H9NO6S2/c1-13-3-4(14-2)7(16(8,11)12)15-5(3)6(9)10/h1-2H3,(H,9,10)(H2,8,11,12). The minimum Gasteiger partial charge on any atom is -0.491 e. The minimum absolute atomic E-state index is 0.149. The Labute approximate surface area is 95.5 Å². The lowest BCUT2D eigenvalue weighted by atomic mass is 10.4. The maximum atomic E-state index is 11.2. The van der Waals surface area contributed by atoms with E-state index in [4.69, 9.17) is 19.7 Å². The van der Waals surface area contributed by atoms with Crippen molar-refractivity contribution in [3.63, 3.8) is 0 Å². The summed E-state index contributed by atoms with van der Waals surface area (Å²) in [4.78, 5) is 10.6. The Morgan fingerprint density at radius 1 is 1.31 bits per heavy atom. The van der Waals surface area contributed by atoms with Gasteiger partial charge in [-0.05, 0) is 0 Å². The van der Waals surface area contributed by atoms with Crippen LogP contribution >= 0.6 is 11.3 Å². The molecule has 1 aromatic rings. The third-order valence-electron chi connectivity index (χ3n) is 1.65. The Kier molecular flexibility index (Phi) is 3.41. The average molecular weight is 267 g/mol. The first-order valence-corrected chi connectivity index (χ1v) is 6.20. The summed E-state index contributed by atoms with van der Waals surface area (Å²) in [7, 11) is -1.63. The molecule has 0 bridgehead atoms. The van der Waals surface area contributed by atoms with E-state index in [0.29, 0.717) is 11.3 Å². The van der Waals surface area contributed by atoms with Crippen LogP contribution in [-0.4, -0.2) is 33.7 Å². The molecule has 0 aliphatic heterocycles. The normalized spacial score (nSPS) is 11.2. The maximum Gasteiger partial charge on any atom is 0.349 e. The smallest absolute Gasteiger partial charge is 0.349 e. The summed E-state index contributed by atoms with van der Waals surface area (Å²) in [6, 6.07) is 0. The largest absolute Gasteiger partial charge is 0.491 e. The average Bonchev–Trinajstić information content (AvgIpc) is 2.54. The molecule has 0 unspecified atom stereocenters. The van der Waals surface area contributed by atoms with Gasteiger partial charge in [-0.15, -0.1) is 11.3 Å². The van der Waals surface area contributed by atoms with Crippen LogP contribution < -0.4 is 14.6 Å². The fourth-order valence-corrected chi connectivity index (χ4v) is 3.03. The molecule has 9 heteroatoms. The highest BCUT2D eigenvalue weighted by Gasteiger charge is 2.29. The first kappa shape index (κ1) is 12.7. The zero-order valence-corrected chi connectivity index (χ0v) is 10.0. The molecule has 1 heterocycles. The van der Waals surface area contributed by atoms with Gasteiger partial charge in [0.1, 0.15) is 0 Å². The molecule has 0 aliphatic rings. The molecule has 16 heavy (non-hydrogen) atoms. The second-order valence-corrected chi connectivity index (χ2v) is 5.41. The molecule has 90 valence electrons. The first-order chi connectivity index (χ1) is 7.32. The van der Waals surface area contributed by atoms with Crippen molar-refractivity contribution >= 4 is 27.3 Å². The fourth-order valence-electron chi connectivity index (χ4n) is 1.07. The molecule has 0 fully saturated rings. The number of sulfonamides is 1. The number of thiophene rings is 1. The van der Waals surface area contributed by atoms with Crippen molar-refractivity contribution in [3.8, 4) is 11.5 Å². The number of carboxylic acids is 1. The van der Waals surface area contributed by atoms with Crippen molar-refractivity contribution < 1.29 is 27.8 Å². The molecule has 0 amide bonds. The molecule has 3 N–H and O–H groups in total. The number of hydrogen-bond donors (Lipinski definition) is 2. The molecule has 7 nitrogen and oxygen atoms in total. The summed E-state index contributed by atoms with van der Waals surface area (Å²) >= 11 is 0.488. The van der Waals surface area contributed by atoms with Crippen LogP contribution in [0.3, 0.4) is 0 Å². The van der Waals surface area contributed by atoms with Crippen molar-refractivity contribution in [2.45, 2.75) is 4.21 Å². The number of aromatic carboxylic acids is 1. The van der Waals surface area contributed by atoms with Gasteiger partial charge in [-0.1, -0.05) is 0 Å². The molecular formula is C7H9NO6S2. The van der Waals surface area contributed by atoms with Gasteiger partial charge >= 0.3 is 5.97 Å². The van der Waals surface area contributed by atoms with Gasteiger partial charge in [-0.2, -0.15) is 0 Å². The predicted molar refractivity (Wildman–Crippen MR) is 55.8 cm³/mol. The van der Waals surface area contributed by atoms with E-state index in [9.17, 15) is 13.2 Å². The molecule has 1 rings (SSSR count). The van der Waals surface area contributed by atoms with E-state index in [2.05, 4.69) is 0 Å². The van der Waals surface area contributed by atoms with E-state index < -0.39 is 16.0 Å². The lowest BCUT2D eigenvalue weighted by molar-refractivity contribution is 0.0698. The Balaban J connectivity index is 3.60. The fraction of sp³-hybridized carbons (Fsp3) is 0.286. The predicted octanol–water partition coefficient (Wildman–Crippen LogP) is 0.111. The van der Waals surface area contributed by atoms with Crippen LogP contribution in [0.25, 0.3) is 0 Å². The second kappa shape index (κ2) is 4.28. The number of carbonyl (C=O) groups is 1. The third kappa shape index (κ3) is 2.10. The van der Waals surface area contributed by atoms with Gasteiger partial charge in [-0.3, -0.25) is 0 Å². The van der Waals surface area contributed by atoms with Gasteiger partial charge in [0.05, 0.1) is 14.2 Å². The van der Waals surface area contributed by atoms with Gasteiger partial charge in [0.25, 0.3) is 10.0 Å².